The highest BCUT2D eigenvalue weighted by Gasteiger charge is 2.20. The number of alkyl halides is 1. The van der Waals surface area contributed by atoms with Crippen LogP contribution in [0, 0.1) is 18.2 Å². The van der Waals surface area contributed by atoms with Gasteiger partial charge in [-0.15, -0.1) is 11.6 Å². The number of carbonyl (C=O) groups excluding carboxylic acids is 1. The summed E-state index contributed by atoms with van der Waals surface area (Å²) in [5.41, 5.74) is 0.483. The van der Waals surface area contributed by atoms with Gasteiger partial charge in [0, 0.05) is 12.4 Å². The van der Waals surface area contributed by atoms with Crippen molar-refractivity contribution in [3.63, 3.8) is 0 Å². The molecule has 0 atom stereocenters. The van der Waals surface area contributed by atoms with Gasteiger partial charge in [0.2, 0.25) is 0 Å². The number of hydrogen-bond donors (Lipinski definition) is 1. The Hall–Kier alpha value is -1.09. The van der Waals surface area contributed by atoms with Crippen LogP contribution in [0.25, 0.3) is 0 Å². The van der Waals surface area contributed by atoms with Crippen LogP contribution < -0.4 is 5.32 Å². The second kappa shape index (κ2) is 6.19. The molecule has 0 fully saturated rings. The minimum absolute atomic E-state index is 0.0856. The molecule has 0 aliphatic carbocycles. The van der Waals surface area contributed by atoms with Gasteiger partial charge in [-0.2, -0.15) is 0 Å². The Balaban J connectivity index is 2.69. The van der Waals surface area contributed by atoms with E-state index >= 15 is 0 Å². The van der Waals surface area contributed by atoms with Crippen molar-refractivity contribution in [2.24, 2.45) is 5.41 Å². The predicted octanol–water partition coefficient (Wildman–Crippen LogP) is 3.52. The first kappa shape index (κ1) is 15.0. The highest BCUT2D eigenvalue weighted by molar-refractivity contribution is 6.17. The summed E-state index contributed by atoms with van der Waals surface area (Å²) >= 11 is 5.69. The van der Waals surface area contributed by atoms with E-state index in [1.54, 1.807) is 19.1 Å². The van der Waals surface area contributed by atoms with Crippen LogP contribution >= 0.6 is 11.6 Å². The second-order valence-electron chi connectivity index (χ2n) is 5.22. The fourth-order valence-electron chi connectivity index (χ4n) is 1.58. The van der Waals surface area contributed by atoms with Crippen molar-refractivity contribution < 1.29 is 9.18 Å². The topological polar surface area (TPSA) is 29.1 Å². The van der Waals surface area contributed by atoms with E-state index in [0.717, 1.165) is 6.42 Å². The summed E-state index contributed by atoms with van der Waals surface area (Å²) in [6, 6.07) is 4.81. The van der Waals surface area contributed by atoms with Crippen LogP contribution in [0.3, 0.4) is 0 Å². The van der Waals surface area contributed by atoms with Crippen LogP contribution in [0.15, 0.2) is 18.2 Å². The van der Waals surface area contributed by atoms with Crippen LogP contribution in [0.1, 0.15) is 36.2 Å². The number of amides is 1. The van der Waals surface area contributed by atoms with Gasteiger partial charge in [-0.25, -0.2) is 4.39 Å². The molecule has 0 aliphatic heterocycles. The van der Waals surface area contributed by atoms with Gasteiger partial charge in [0.25, 0.3) is 5.91 Å². The van der Waals surface area contributed by atoms with E-state index in [1.807, 2.05) is 13.8 Å². The zero-order valence-electron chi connectivity index (χ0n) is 11.0. The monoisotopic (exact) mass is 271 g/mol. The van der Waals surface area contributed by atoms with Gasteiger partial charge in [-0.05, 0) is 30.4 Å². The summed E-state index contributed by atoms with van der Waals surface area (Å²) < 4.78 is 13.7. The number of carbonyl (C=O) groups is 1. The van der Waals surface area contributed by atoms with Crippen molar-refractivity contribution in [2.75, 3.05) is 12.4 Å². The lowest BCUT2D eigenvalue weighted by molar-refractivity contribution is 0.0931. The largest absolute Gasteiger partial charge is 0.351 e. The van der Waals surface area contributed by atoms with Gasteiger partial charge in [-0.1, -0.05) is 26.0 Å². The summed E-state index contributed by atoms with van der Waals surface area (Å²) in [5.74, 6) is -0.286. The van der Waals surface area contributed by atoms with Crippen LogP contribution in [0.5, 0.6) is 0 Å². The number of halogens is 2. The highest BCUT2D eigenvalue weighted by Crippen LogP contribution is 2.20. The van der Waals surface area contributed by atoms with E-state index in [9.17, 15) is 9.18 Å². The zero-order chi connectivity index (χ0) is 13.8. The molecule has 0 heterocycles. The van der Waals surface area contributed by atoms with E-state index in [2.05, 4.69) is 5.32 Å². The summed E-state index contributed by atoms with van der Waals surface area (Å²) in [6.07, 6.45) is 0.797. The molecule has 1 aromatic rings. The van der Waals surface area contributed by atoms with Crippen LogP contribution in [-0.2, 0) is 0 Å². The molecule has 100 valence electrons. The van der Waals surface area contributed by atoms with E-state index in [4.69, 9.17) is 11.6 Å². The maximum atomic E-state index is 13.7. The normalized spacial score (nSPS) is 11.4. The Kier molecular flexibility index (Phi) is 5.15. The number of nitrogens with one attached hydrogen (secondary N) is 1. The van der Waals surface area contributed by atoms with E-state index in [0.29, 0.717) is 18.0 Å². The van der Waals surface area contributed by atoms with Gasteiger partial charge in [0.1, 0.15) is 5.82 Å². The molecule has 0 saturated carbocycles. The Bertz CT molecular complexity index is 432. The summed E-state index contributed by atoms with van der Waals surface area (Å²) in [6.45, 7) is 6.15. The third-order valence-corrected chi connectivity index (χ3v) is 3.12. The molecule has 0 unspecified atom stereocenters. The van der Waals surface area contributed by atoms with Crippen molar-refractivity contribution in [3.05, 3.63) is 35.1 Å². The minimum Gasteiger partial charge on any atom is -0.351 e. The number of hydrogen-bond acceptors (Lipinski definition) is 1. The number of rotatable bonds is 5. The Morgan fingerprint density at radius 3 is 2.72 bits per heavy atom. The molecule has 0 spiro atoms. The van der Waals surface area contributed by atoms with Crippen molar-refractivity contribution in [1.29, 1.82) is 0 Å². The quantitative estimate of drug-likeness (QED) is 0.816. The molecule has 0 radical (unpaired) electrons. The van der Waals surface area contributed by atoms with Crippen LogP contribution in [0.2, 0.25) is 0 Å². The van der Waals surface area contributed by atoms with Gasteiger partial charge in [0.15, 0.2) is 0 Å². The van der Waals surface area contributed by atoms with Gasteiger partial charge in [0.05, 0.1) is 5.56 Å². The van der Waals surface area contributed by atoms with E-state index in [1.165, 1.54) is 6.07 Å². The minimum atomic E-state index is -0.454. The summed E-state index contributed by atoms with van der Waals surface area (Å²) in [7, 11) is 0. The first-order chi connectivity index (χ1) is 8.37. The molecule has 0 bridgehead atoms. The molecule has 4 heteroatoms. The van der Waals surface area contributed by atoms with Gasteiger partial charge >= 0.3 is 0 Å². The average Bonchev–Trinajstić information content (AvgIpc) is 2.30. The molecule has 18 heavy (non-hydrogen) atoms. The molecule has 0 aromatic heterocycles. The fourth-order valence-corrected chi connectivity index (χ4v) is 2.09. The fraction of sp³-hybridized carbons (Fsp3) is 0.500. The molecule has 1 N–H and O–H groups in total. The first-order valence-electron chi connectivity index (χ1n) is 5.97. The molecule has 1 rings (SSSR count). The lowest BCUT2D eigenvalue weighted by Crippen LogP contribution is -2.34. The second-order valence-corrected chi connectivity index (χ2v) is 5.60. The molecular weight excluding hydrogens is 253 g/mol. The van der Waals surface area contributed by atoms with Crippen molar-refractivity contribution in [2.45, 2.75) is 27.2 Å². The summed E-state index contributed by atoms with van der Waals surface area (Å²) in [4.78, 5) is 11.9. The van der Waals surface area contributed by atoms with Crippen LogP contribution in [-0.4, -0.2) is 18.3 Å². The number of benzene rings is 1. The van der Waals surface area contributed by atoms with E-state index in [-0.39, 0.29) is 16.9 Å². The Morgan fingerprint density at radius 1 is 1.44 bits per heavy atom. The molecule has 0 saturated heterocycles. The molecular formula is C14H19ClFNO. The zero-order valence-corrected chi connectivity index (χ0v) is 11.8. The number of aryl methyl sites for hydroxylation is 1. The predicted molar refractivity (Wildman–Crippen MR) is 72.6 cm³/mol. The van der Waals surface area contributed by atoms with Gasteiger partial charge in [-0.3, -0.25) is 4.79 Å². The smallest absolute Gasteiger partial charge is 0.254 e. The summed E-state index contributed by atoms with van der Waals surface area (Å²) in [5, 5.41) is 2.75. The van der Waals surface area contributed by atoms with Crippen molar-refractivity contribution >= 4 is 17.5 Å². The molecule has 2 nitrogen and oxygen atoms in total. The van der Waals surface area contributed by atoms with E-state index < -0.39 is 5.82 Å². The first-order valence-corrected chi connectivity index (χ1v) is 6.50. The molecule has 1 amide bonds. The third-order valence-electron chi connectivity index (χ3n) is 2.94. The van der Waals surface area contributed by atoms with Crippen molar-refractivity contribution in [3.8, 4) is 0 Å². The average molecular weight is 272 g/mol. The lowest BCUT2D eigenvalue weighted by Gasteiger charge is -2.23. The maximum Gasteiger partial charge on any atom is 0.254 e. The molecule has 1 aromatic carbocycles. The molecule has 0 aliphatic rings. The third kappa shape index (κ3) is 3.98. The maximum absolute atomic E-state index is 13.7. The lowest BCUT2D eigenvalue weighted by atomic mass is 9.90. The van der Waals surface area contributed by atoms with Crippen molar-refractivity contribution in [1.82, 2.24) is 5.32 Å². The highest BCUT2D eigenvalue weighted by atomic mass is 35.5. The standard InChI is InChI=1S/C14H19ClFNO/c1-10-5-4-6-11(12(10)16)13(18)17-9-14(2,3)7-8-15/h4-6H,7-9H2,1-3H3,(H,17,18). The SMILES string of the molecule is Cc1cccc(C(=O)NCC(C)(C)CCCl)c1F. The Morgan fingerprint density at radius 2 is 2.11 bits per heavy atom. The van der Waals surface area contributed by atoms with Gasteiger partial charge < -0.3 is 5.32 Å². The van der Waals surface area contributed by atoms with Crippen LogP contribution in [0.4, 0.5) is 4.39 Å². The Labute approximate surface area is 113 Å².